The first-order valence-corrected chi connectivity index (χ1v) is 7.08. The summed E-state index contributed by atoms with van der Waals surface area (Å²) in [6, 6.07) is 3.50. The van der Waals surface area contributed by atoms with Crippen LogP contribution in [0.3, 0.4) is 0 Å². The number of hydrogen-bond acceptors (Lipinski definition) is 5. The quantitative estimate of drug-likeness (QED) is 0.806. The molecule has 0 aliphatic heterocycles. The normalized spacial score (nSPS) is 13.4. The van der Waals surface area contributed by atoms with E-state index >= 15 is 0 Å². The molecule has 1 aromatic rings. The Balaban J connectivity index is 2.59. The Hall–Kier alpha value is -0.940. The second-order valence-corrected chi connectivity index (χ2v) is 6.27. The van der Waals surface area contributed by atoms with E-state index in [1.165, 1.54) is 7.11 Å². The van der Waals surface area contributed by atoms with Crippen molar-refractivity contribution in [2.75, 3.05) is 19.9 Å². The van der Waals surface area contributed by atoms with Gasteiger partial charge in [0.15, 0.2) is 0 Å². The van der Waals surface area contributed by atoms with Crippen LogP contribution < -0.4 is 5.32 Å². The maximum atomic E-state index is 11.3. The van der Waals surface area contributed by atoms with Gasteiger partial charge in [0.1, 0.15) is 5.76 Å². The minimum Gasteiger partial charge on any atom is -0.463 e. The predicted molar refractivity (Wildman–Crippen MR) is 74.1 cm³/mol. The molecule has 1 atom stereocenters. The number of furan rings is 1. The molecule has 1 heterocycles. The lowest BCUT2D eigenvalue weighted by atomic mass is 10.2. The highest BCUT2D eigenvalue weighted by atomic mass is 32.2. The number of ether oxygens (including phenoxy) is 1. The summed E-state index contributed by atoms with van der Waals surface area (Å²) in [5.41, 5.74) is 0. The highest BCUT2D eigenvalue weighted by molar-refractivity contribution is 7.99. The van der Waals surface area contributed by atoms with E-state index in [4.69, 9.17) is 4.42 Å². The lowest BCUT2D eigenvalue weighted by Crippen LogP contribution is -2.33. The van der Waals surface area contributed by atoms with Crippen LogP contribution in [-0.2, 0) is 4.74 Å². The topological polar surface area (TPSA) is 51.5 Å². The molecule has 0 aliphatic carbocycles. The van der Waals surface area contributed by atoms with Crippen LogP contribution in [-0.4, -0.2) is 30.6 Å². The summed E-state index contributed by atoms with van der Waals surface area (Å²) in [7, 11) is 1.34. The van der Waals surface area contributed by atoms with E-state index in [2.05, 4.69) is 30.2 Å². The molecule has 0 amide bonds. The number of esters is 1. The molecule has 1 rings (SSSR count). The van der Waals surface area contributed by atoms with Crippen molar-refractivity contribution in [3.8, 4) is 0 Å². The van der Waals surface area contributed by atoms with Crippen LogP contribution in [0, 0.1) is 0 Å². The molecule has 0 aliphatic rings. The zero-order valence-electron chi connectivity index (χ0n) is 11.6. The van der Waals surface area contributed by atoms with E-state index in [-0.39, 0.29) is 16.5 Å². The van der Waals surface area contributed by atoms with Crippen LogP contribution >= 0.6 is 11.8 Å². The Morgan fingerprint density at radius 1 is 1.56 bits per heavy atom. The van der Waals surface area contributed by atoms with Crippen LogP contribution in [0.5, 0.6) is 0 Å². The van der Waals surface area contributed by atoms with Crippen molar-refractivity contribution in [1.82, 2.24) is 5.32 Å². The van der Waals surface area contributed by atoms with Crippen molar-refractivity contribution in [2.24, 2.45) is 0 Å². The fourth-order valence-electron chi connectivity index (χ4n) is 1.37. The van der Waals surface area contributed by atoms with Crippen LogP contribution in [0.4, 0.5) is 0 Å². The Morgan fingerprint density at radius 2 is 2.22 bits per heavy atom. The third kappa shape index (κ3) is 4.07. The molecule has 1 unspecified atom stereocenters. The highest BCUT2D eigenvalue weighted by Gasteiger charge is 2.19. The third-order valence-electron chi connectivity index (χ3n) is 2.83. The Labute approximate surface area is 112 Å². The first-order valence-electron chi connectivity index (χ1n) is 5.86. The van der Waals surface area contributed by atoms with E-state index < -0.39 is 5.97 Å². The van der Waals surface area contributed by atoms with Crippen molar-refractivity contribution in [3.63, 3.8) is 0 Å². The average Bonchev–Trinajstić information content (AvgIpc) is 2.84. The zero-order chi connectivity index (χ0) is 13.8. The zero-order valence-corrected chi connectivity index (χ0v) is 12.4. The standard InChI is InChI=1S/C13H21NO3S/c1-9(14-8-13(2,3)18-5)10-6-7-11(17-10)12(15)16-4/h6-7,9,14H,8H2,1-5H3. The minimum absolute atomic E-state index is 0.0647. The van der Waals surface area contributed by atoms with Crippen molar-refractivity contribution < 1.29 is 13.9 Å². The lowest BCUT2D eigenvalue weighted by molar-refractivity contribution is 0.0562. The van der Waals surface area contributed by atoms with Crippen LogP contribution in [0.2, 0.25) is 0 Å². The Bertz CT molecular complexity index is 401. The van der Waals surface area contributed by atoms with Gasteiger partial charge in [-0.1, -0.05) is 0 Å². The van der Waals surface area contributed by atoms with Gasteiger partial charge in [-0.15, -0.1) is 0 Å². The monoisotopic (exact) mass is 271 g/mol. The number of nitrogens with one attached hydrogen (secondary N) is 1. The van der Waals surface area contributed by atoms with Gasteiger partial charge in [-0.25, -0.2) is 4.79 Å². The molecule has 0 spiro atoms. The largest absolute Gasteiger partial charge is 0.463 e. The van der Waals surface area contributed by atoms with Crippen molar-refractivity contribution in [1.29, 1.82) is 0 Å². The maximum absolute atomic E-state index is 11.3. The molecule has 0 saturated carbocycles. The van der Waals surface area contributed by atoms with E-state index in [0.717, 1.165) is 12.3 Å². The third-order valence-corrected chi connectivity index (χ3v) is 4.08. The Kier molecular flexibility index (Phi) is 5.28. The van der Waals surface area contributed by atoms with Crippen LogP contribution in [0.1, 0.15) is 43.1 Å². The fraction of sp³-hybridized carbons (Fsp3) is 0.615. The minimum atomic E-state index is -0.446. The van der Waals surface area contributed by atoms with Crippen LogP contribution in [0.15, 0.2) is 16.5 Å². The van der Waals surface area contributed by atoms with Crippen molar-refractivity contribution in [3.05, 3.63) is 23.7 Å². The molecule has 0 saturated heterocycles. The second kappa shape index (κ2) is 6.29. The number of carbonyl (C=O) groups excluding carboxylic acids is 1. The molecule has 5 heteroatoms. The highest BCUT2D eigenvalue weighted by Crippen LogP contribution is 2.22. The van der Waals surface area contributed by atoms with Crippen molar-refractivity contribution >= 4 is 17.7 Å². The molecule has 0 fully saturated rings. The first kappa shape index (κ1) is 15.1. The maximum Gasteiger partial charge on any atom is 0.373 e. The summed E-state index contributed by atoms with van der Waals surface area (Å²) in [6.45, 7) is 7.23. The summed E-state index contributed by atoms with van der Waals surface area (Å²) < 4.78 is 10.2. The van der Waals surface area contributed by atoms with Gasteiger partial charge in [0.25, 0.3) is 0 Å². The van der Waals surface area contributed by atoms with Gasteiger partial charge in [0.05, 0.1) is 13.2 Å². The number of methoxy groups -OCH3 is 1. The molecular formula is C13H21NO3S. The number of hydrogen-bond donors (Lipinski definition) is 1. The summed E-state index contributed by atoms with van der Waals surface area (Å²) >= 11 is 1.81. The van der Waals surface area contributed by atoms with Crippen LogP contribution in [0.25, 0.3) is 0 Å². The average molecular weight is 271 g/mol. The smallest absolute Gasteiger partial charge is 0.373 e. The van der Waals surface area contributed by atoms with Gasteiger partial charge in [-0.2, -0.15) is 11.8 Å². The number of thioether (sulfide) groups is 1. The molecule has 1 aromatic heterocycles. The summed E-state index contributed by atoms with van der Waals surface area (Å²) in [5, 5.41) is 3.39. The molecule has 0 bridgehead atoms. The van der Waals surface area contributed by atoms with Gasteiger partial charge < -0.3 is 14.5 Å². The lowest BCUT2D eigenvalue weighted by Gasteiger charge is -2.24. The van der Waals surface area contributed by atoms with E-state index in [9.17, 15) is 4.79 Å². The first-order chi connectivity index (χ1) is 8.39. The summed E-state index contributed by atoms with van der Waals surface area (Å²) in [4.78, 5) is 11.3. The van der Waals surface area contributed by atoms with E-state index in [1.807, 2.05) is 18.7 Å². The van der Waals surface area contributed by atoms with Gasteiger partial charge in [0.2, 0.25) is 5.76 Å². The molecule has 0 aromatic carbocycles. The molecule has 18 heavy (non-hydrogen) atoms. The summed E-state index contributed by atoms with van der Waals surface area (Å²) in [5.74, 6) is 0.537. The van der Waals surface area contributed by atoms with Gasteiger partial charge in [0, 0.05) is 11.3 Å². The molecule has 0 radical (unpaired) electrons. The van der Waals surface area contributed by atoms with Gasteiger partial charge in [-0.3, -0.25) is 0 Å². The fourth-order valence-corrected chi connectivity index (χ4v) is 1.60. The Morgan fingerprint density at radius 3 is 2.78 bits per heavy atom. The van der Waals surface area contributed by atoms with Gasteiger partial charge >= 0.3 is 5.97 Å². The predicted octanol–water partition coefficient (Wildman–Crippen LogP) is 2.86. The van der Waals surface area contributed by atoms with E-state index in [1.54, 1.807) is 12.1 Å². The SMILES string of the molecule is COC(=O)c1ccc(C(C)NCC(C)(C)SC)o1. The molecular weight excluding hydrogens is 250 g/mol. The van der Waals surface area contributed by atoms with Crippen molar-refractivity contribution in [2.45, 2.75) is 31.6 Å². The number of carbonyl (C=O) groups is 1. The number of rotatable bonds is 6. The second-order valence-electron chi connectivity index (χ2n) is 4.76. The molecule has 1 N–H and O–H groups in total. The molecule has 102 valence electrons. The molecule has 4 nitrogen and oxygen atoms in total. The summed E-state index contributed by atoms with van der Waals surface area (Å²) in [6.07, 6.45) is 2.09. The van der Waals surface area contributed by atoms with Gasteiger partial charge in [-0.05, 0) is 39.2 Å². The van der Waals surface area contributed by atoms with E-state index in [0.29, 0.717) is 0 Å².